The number of ether oxygens (including phenoxy) is 2. The summed E-state index contributed by atoms with van der Waals surface area (Å²) < 4.78 is 12.2. The van der Waals surface area contributed by atoms with Crippen molar-refractivity contribution in [2.24, 2.45) is 5.73 Å². The van der Waals surface area contributed by atoms with Crippen LogP contribution in [0.15, 0.2) is 59.6 Å². The number of benzene rings is 1. The molecular weight excluding hydrogens is 490 g/mol. The second-order valence-electron chi connectivity index (χ2n) is 6.76. The fourth-order valence-electron chi connectivity index (χ4n) is 2.86. The molecule has 2 N–H and O–H groups in total. The number of rotatable bonds is 8. The van der Waals surface area contributed by atoms with Crippen molar-refractivity contribution in [3.8, 4) is 34.7 Å². The van der Waals surface area contributed by atoms with E-state index in [2.05, 4.69) is 45.8 Å². The normalized spacial score (nSPS) is 10.6. The molecule has 11 heteroatoms. The van der Waals surface area contributed by atoms with E-state index < -0.39 is 5.91 Å². The maximum atomic E-state index is 12.3. The molecule has 166 valence electrons. The molecule has 1 aromatic carbocycles. The summed E-state index contributed by atoms with van der Waals surface area (Å²) in [7, 11) is 0. The van der Waals surface area contributed by atoms with Gasteiger partial charge in [-0.15, -0.1) is 0 Å². The van der Waals surface area contributed by atoms with Crippen molar-refractivity contribution in [3.05, 3.63) is 70.8 Å². The maximum absolute atomic E-state index is 12.3. The zero-order valence-electron chi connectivity index (χ0n) is 17.5. The minimum atomic E-state index is -0.727. The zero-order chi connectivity index (χ0) is 23.2. The van der Waals surface area contributed by atoms with Gasteiger partial charge in [-0.25, -0.2) is 24.9 Å². The van der Waals surface area contributed by atoms with E-state index in [0.29, 0.717) is 11.1 Å². The highest BCUT2D eigenvalue weighted by molar-refractivity contribution is 9.10. The molecule has 10 nitrogen and oxygen atoms in total. The Morgan fingerprint density at radius 3 is 2.27 bits per heavy atom. The number of nitrogens with two attached hydrogens (primary N) is 1. The highest BCUT2D eigenvalue weighted by Gasteiger charge is 2.22. The number of nitrogens with zero attached hydrogens (tertiary/aromatic N) is 6. The van der Waals surface area contributed by atoms with Crippen LogP contribution in [0.1, 0.15) is 16.1 Å². The minimum Gasteiger partial charge on any atom is -0.473 e. The third-order valence-corrected chi connectivity index (χ3v) is 4.77. The molecule has 3 aromatic heterocycles. The van der Waals surface area contributed by atoms with Crippen molar-refractivity contribution in [1.29, 1.82) is 0 Å². The number of aromatic nitrogens is 6. The second-order valence-corrected chi connectivity index (χ2v) is 7.68. The van der Waals surface area contributed by atoms with Crippen LogP contribution in [-0.2, 0) is 0 Å². The fraction of sp³-hybridized carbons (Fsp3) is 0.136. The van der Waals surface area contributed by atoms with Gasteiger partial charge in [0.25, 0.3) is 5.91 Å². The molecule has 4 aromatic rings. The molecule has 4 rings (SSSR count). The van der Waals surface area contributed by atoms with E-state index in [9.17, 15) is 4.79 Å². The van der Waals surface area contributed by atoms with E-state index in [0.717, 1.165) is 10.0 Å². The van der Waals surface area contributed by atoms with Crippen LogP contribution in [0.5, 0.6) is 11.9 Å². The van der Waals surface area contributed by atoms with E-state index in [1.807, 2.05) is 31.2 Å². The van der Waals surface area contributed by atoms with Gasteiger partial charge in [0.05, 0.1) is 10.0 Å². The van der Waals surface area contributed by atoms with Gasteiger partial charge in [-0.2, -0.15) is 4.98 Å². The van der Waals surface area contributed by atoms with Crippen LogP contribution in [-0.4, -0.2) is 49.0 Å². The minimum absolute atomic E-state index is 0.00321. The lowest BCUT2D eigenvalue weighted by Gasteiger charge is -2.15. The Labute approximate surface area is 197 Å². The molecule has 0 unspecified atom stereocenters. The number of amides is 1. The first-order valence-electron chi connectivity index (χ1n) is 9.80. The predicted molar refractivity (Wildman–Crippen MR) is 122 cm³/mol. The number of carbonyl (C=O) groups excluding carboxylic acids is 1. The Hall–Kier alpha value is -3.99. The van der Waals surface area contributed by atoms with Gasteiger partial charge in [0.2, 0.25) is 11.7 Å². The fourth-order valence-corrected chi connectivity index (χ4v) is 3.07. The van der Waals surface area contributed by atoms with Crippen molar-refractivity contribution in [3.63, 3.8) is 0 Å². The van der Waals surface area contributed by atoms with Crippen molar-refractivity contribution in [1.82, 2.24) is 29.9 Å². The monoisotopic (exact) mass is 507 g/mol. The van der Waals surface area contributed by atoms with Crippen molar-refractivity contribution in [2.45, 2.75) is 6.92 Å². The molecule has 33 heavy (non-hydrogen) atoms. The van der Waals surface area contributed by atoms with Gasteiger partial charge in [0.1, 0.15) is 18.9 Å². The van der Waals surface area contributed by atoms with Crippen LogP contribution in [0.4, 0.5) is 0 Å². The Balaban J connectivity index is 1.68. The first kappa shape index (κ1) is 22.2. The Morgan fingerprint density at radius 2 is 1.61 bits per heavy atom. The van der Waals surface area contributed by atoms with Gasteiger partial charge >= 0.3 is 6.01 Å². The van der Waals surface area contributed by atoms with Gasteiger partial charge in [0.15, 0.2) is 5.82 Å². The van der Waals surface area contributed by atoms with Crippen LogP contribution in [0.25, 0.3) is 22.8 Å². The van der Waals surface area contributed by atoms with Crippen molar-refractivity contribution in [2.75, 3.05) is 13.2 Å². The molecule has 0 saturated carbocycles. The van der Waals surface area contributed by atoms with Crippen LogP contribution < -0.4 is 15.2 Å². The SMILES string of the molecule is Cc1ccc(-c2c(OCCOc3ncc(Br)cn3)nc(-c3ncccn3)nc2C(N)=O)cc1. The summed E-state index contributed by atoms with van der Waals surface area (Å²) in [5.74, 6) is -0.216. The summed E-state index contributed by atoms with van der Waals surface area (Å²) >= 11 is 3.27. The zero-order valence-corrected chi connectivity index (χ0v) is 19.1. The quantitative estimate of drug-likeness (QED) is 0.356. The predicted octanol–water partition coefficient (Wildman–Crippen LogP) is 3.02. The molecule has 0 radical (unpaired) electrons. The molecule has 0 atom stereocenters. The molecule has 0 aliphatic carbocycles. The molecule has 0 fully saturated rings. The summed E-state index contributed by atoms with van der Waals surface area (Å²) in [6.45, 7) is 2.20. The summed E-state index contributed by atoms with van der Waals surface area (Å²) in [4.78, 5) is 37.6. The Morgan fingerprint density at radius 1 is 0.939 bits per heavy atom. The van der Waals surface area contributed by atoms with Gasteiger partial charge < -0.3 is 15.2 Å². The molecule has 0 aliphatic heterocycles. The lowest BCUT2D eigenvalue weighted by Crippen LogP contribution is -2.18. The molecule has 0 saturated heterocycles. The summed E-state index contributed by atoms with van der Waals surface area (Å²) in [5, 5.41) is 0. The number of hydrogen-bond donors (Lipinski definition) is 1. The first-order valence-corrected chi connectivity index (χ1v) is 10.6. The lowest BCUT2D eigenvalue weighted by molar-refractivity contribution is 0.0995. The van der Waals surface area contributed by atoms with Gasteiger partial charge in [0, 0.05) is 24.8 Å². The van der Waals surface area contributed by atoms with E-state index in [4.69, 9.17) is 15.2 Å². The molecule has 0 aliphatic rings. The smallest absolute Gasteiger partial charge is 0.316 e. The Kier molecular flexibility index (Phi) is 6.79. The summed E-state index contributed by atoms with van der Waals surface area (Å²) in [6, 6.07) is 9.38. The third kappa shape index (κ3) is 5.44. The molecule has 1 amide bonds. The van der Waals surface area contributed by atoms with Gasteiger partial charge in [-0.3, -0.25) is 4.79 Å². The van der Waals surface area contributed by atoms with E-state index in [1.54, 1.807) is 30.9 Å². The number of halogens is 1. The lowest BCUT2D eigenvalue weighted by atomic mass is 10.0. The number of primary amides is 1. The topological polar surface area (TPSA) is 139 Å². The van der Waals surface area contributed by atoms with Crippen molar-refractivity contribution >= 4 is 21.8 Å². The molecular formula is C22H18BrN7O3. The number of hydrogen-bond acceptors (Lipinski definition) is 9. The Bertz CT molecular complexity index is 1250. The second kappa shape index (κ2) is 10.1. The molecule has 0 bridgehead atoms. The third-order valence-electron chi connectivity index (χ3n) is 4.37. The highest BCUT2D eigenvalue weighted by atomic mass is 79.9. The summed E-state index contributed by atoms with van der Waals surface area (Å²) in [5.41, 5.74) is 7.79. The van der Waals surface area contributed by atoms with E-state index in [-0.39, 0.29) is 42.4 Å². The van der Waals surface area contributed by atoms with Crippen LogP contribution in [0.2, 0.25) is 0 Å². The van der Waals surface area contributed by atoms with E-state index in [1.165, 1.54) is 0 Å². The standard InChI is InChI=1S/C22H18BrN7O3/c1-13-3-5-14(6-4-13)16-17(18(24)31)29-20(19-25-7-2-8-26-19)30-21(16)32-9-10-33-22-27-11-15(23)12-28-22/h2-8,11-12H,9-10H2,1H3,(H2,24,31). The maximum Gasteiger partial charge on any atom is 0.316 e. The largest absolute Gasteiger partial charge is 0.473 e. The average molecular weight is 508 g/mol. The van der Waals surface area contributed by atoms with Gasteiger partial charge in [-0.05, 0) is 34.5 Å². The number of aryl methyl sites for hydroxylation is 1. The van der Waals surface area contributed by atoms with Crippen LogP contribution in [0, 0.1) is 6.92 Å². The van der Waals surface area contributed by atoms with Gasteiger partial charge in [-0.1, -0.05) is 29.8 Å². The average Bonchev–Trinajstić information content (AvgIpc) is 2.83. The van der Waals surface area contributed by atoms with Crippen LogP contribution in [0.3, 0.4) is 0 Å². The van der Waals surface area contributed by atoms with Crippen molar-refractivity contribution < 1.29 is 14.3 Å². The molecule has 0 spiro atoms. The summed E-state index contributed by atoms with van der Waals surface area (Å²) in [6.07, 6.45) is 6.26. The number of carbonyl (C=O) groups is 1. The highest BCUT2D eigenvalue weighted by Crippen LogP contribution is 2.33. The van der Waals surface area contributed by atoms with Crippen LogP contribution >= 0.6 is 15.9 Å². The van der Waals surface area contributed by atoms with E-state index >= 15 is 0 Å². The molecule has 3 heterocycles. The first-order chi connectivity index (χ1) is 16.0.